The van der Waals surface area contributed by atoms with Gasteiger partial charge in [0, 0.05) is 18.6 Å². The second-order valence-electron chi connectivity index (χ2n) is 4.24. The van der Waals surface area contributed by atoms with E-state index in [0.717, 1.165) is 6.26 Å². The minimum Gasteiger partial charge on any atom is -0.392 e. The van der Waals surface area contributed by atoms with Crippen LogP contribution in [0.4, 0.5) is 0 Å². The lowest BCUT2D eigenvalue weighted by molar-refractivity contribution is 0.188. The van der Waals surface area contributed by atoms with E-state index in [1.807, 2.05) is 0 Å². The molecule has 0 aliphatic rings. The first-order chi connectivity index (χ1) is 6.12. The van der Waals surface area contributed by atoms with Crippen molar-refractivity contribution < 1.29 is 13.5 Å². The number of hydrogen-bond acceptors (Lipinski definition) is 4. The summed E-state index contributed by atoms with van der Waals surface area (Å²) in [6.07, 6.45) is 0.702. The fourth-order valence-corrected chi connectivity index (χ4v) is 2.21. The van der Waals surface area contributed by atoms with Crippen LogP contribution in [-0.2, 0) is 10.0 Å². The van der Waals surface area contributed by atoms with Crippen molar-refractivity contribution in [1.29, 1.82) is 0 Å². The van der Waals surface area contributed by atoms with Crippen LogP contribution in [0.15, 0.2) is 0 Å². The summed E-state index contributed by atoms with van der Waals surface area (Å²) in [4.78, 5) is 0. The van der Waals surface area contributed by atoms with Crippen LogP contribution < -0.4 is 10.0 Å². The molecule has 6 heteroatoms. The molecule has 86 valence electrons. The quantitative estimate of drug-likeness (QED) is 0.556. The van der Waals surface area contributed by atoms with Crippen LogP contribution in [0.5, 0.6) is 0 Å². The number of hydrogen-bond donors (Lipinski definition) is 3. The molecule has 0 aliphatic carbocycles. The van der Waals surface area contributed by atoms with Crippen molar-refractivity contribution in [1.82, 2.24) is 10.0 Å². The maximum absolute atomic E-state index is 11.0. The Labute approximate surface area is 85.9 Å². The van der Waals surface area contributed by atoms with Crippen molar-refractivity contribution in [2.45, 2.75) is 32.4 Å². The van der Waals surface area contributed by atoms with Crippen LogP contribution in [0.3, 0.4) is 0 Å². The predicted octanol–water partition coefficient (Wildman–Crippen LogP) is -0.715. The number of aliphatic hydroxyl groups excluding tert-OH is 1. The molecule has 0 saturated carbocycles. The molecule has 0 bridgehead atoms. The van der Waals surface area contributed by atoms with E-state index in [1.165, 1.54) is 0 Å². The first-order valence-electron chi connectivity index (χ1n) is 4.50. The van der Waals surface area contributed by atoms with Gasteiger partial charge in [-0.15, -0.1) is 0 Å². The van der Waals surface area contributed by atoms with Gasteiger partial charge in [-0.05, 0) is 20.8 Å². The molecular formula is C8H20N2O3S. The molecule has 0 fully saturated rings. The second kappa shape index (κ2) is 5.06. The molecule has 0 aromatic heterocycles. The van der Waals surface area contributed by atoms with Crippen LogP contribution in [0.2, 0.25) is 0 Å². The van der Waals surface area contributed by atoms with Gasteiger partial charge in [-0.1, -0.05) is 0 Å². The number of rotatable bonds is 6. The largest absolute Gasteiger partial charge is 0.392 e. The molecule has 1 atom stereocenters. The van der Waals surface area contributed by atoms with Crippen molar-refractivity contribution in [3.8, 4) is 0 Å². The highest BCUT2D eigenvalue weighted by Crippen LogP contribution is 2.01. The van der Waals surface area contributed by atoms with Crippen molar-refractivity contribution >= 4 is 10.0 Å². The summed E-state index contributed by atoms with van der Waals surface area (Å²) < 4.78 is 24.4. The number of sulfonamides is 1. The SMILES string of the molecule is C[C@@H](O)CNCC(C)(C)NS(C)(=O)=O. The van der Waals surface area contributed by atoms with Crippen molar-refractivity contribution in [3.63, 3.8) is 0 Å². The molecule has 0 aliphatic heterocycles. The Kier molecular flexibility index (Phi) is 5.00. The van der Waals surface area contributed by atoms with Crippen LogP contribution >= 0.6 is 0 Å². The maximum Gasteiger partial charge on any atom is 0.209 e. The highest BCUT2D eigenvalue weighted by molar-refractivity contribution is 7.88. The van der Waals surface area contributed by atoms with Gasteiger partial charge in [0.2, 0.25) is 10.0 Å². The van der Waals surface area contributed by atoms with Gasteiger partial charge >= 0.3 is 0 Å². The molecule has 0 radical (unpaired) electrons. The third kappa shape index (κ3) is 8.43. The molecule has 0 aromatic rings. The number of aliphatic hydroxyl groups is 1. The van der Waals surface area contributed by atoms with Gasteiger partial charge in [0.15, 0.2) is 0 Å². The molecule has 0 saturated heterocycles. The molecule has 3 N–H and O–H groups in total. The van der Waals surface area contributed by atoms with E-state index in [0.29, 0.717) is 13.1 Å². The molecule has 0 amide bonds. The average Bonchev–Trinajstić information content (AvgIpc) is 1.78. The first-order valence-corrected chi connectivity index (χ1v) is 6.39. The first kappa shape index (κ1) is 13.8. The molecule has 14 heavy (non-hydrogen) atoms. The Morgan fingerprint density at radius 1 is 1.43 bits per heavy atom. The molecule has 0 heterocycles. The van der Waals surface area contributed by atoms with E-state index in [-0.39, 0.29) is 0 Å². The standard InChI is InChI=1S/C8H20N2O3S/c1-7(11)5-9-6-8(2,3)10-14(4,12)13/h7,9-11H,5-6H2,1-4H3/t7-/m1/s1. The zero-order valence-corrected chi connectivity index (χ0v) is 9.98. The van der Waals surface area contributed by atoms with Gasteiger partial charge in [0.1, 0.15) is 0 Å². The van der Waals surface area contributed by atoms with Crippen molar-refractivity contribution in [2.75, 3.05) is 19.3 Å². The summed E-state index contributed by atoms with van der Waals surface area (Å²) in [7, 11) is -3.18. The van der Waals surface area contributed by atoms with Gasteiger partial charge in [-0.2, -0.15) is 0 Å². The molecule has 5 nitrogen and oxygen atoms in total. The van der Waals surface area contributed by atoms with Crippen LogP contribution in [0.1, 0.15) is 20.8 Å². The summed E-state index contributed by atoms with van der Waals surface area (Å²) >= 11 is 0. The van der Waals surface area contributed by atoms with Gasteiger partial charge in [0.25, 0.3) is 0 Å². The lowest BCUT2D eigenvalue weighted by Gasteiger charge is -2.25. The molecule has 0 rings (SSSR count). The fraction of sp³-hybridized carbons (Fsp3) is 1.00. The van der Waals surface area contributed by atoms with E-state index < -0.39 is 21.7 Å². The van der Waals surface area contributed by atoms with Crippen LogP contribution in [0.25, 0.3) is 0 Å². The van der Waals surface area contributed by atoms with Gasteiger partial charge in [-0.25, -0.2) is 13.1 Å². The Hall–Kier alpha value is -0.170. The summed E-state index contributed by atoms with van der Waals surface area (Å²) in [6, 6.07) is 0. The highest BCUT2D eigenvalue weighted by atomic mass is 32.2. The number of nitrogens with one attached hydrogen (secondary N) is 2. The summed E-state index contributed by atoms with van der Waals surface area (Å²) in [5.74, 6) is 0. The molecule has 0 unspecified atom stereocenters. The van der Waals surface area contributed by atoms with Gasteiger partial charge in [0.05, 0.1) is 12.4 Å². The summed E-state index contributed by atoms with van der Waals surface area (Å²) in [5.41, 5.74) is -0.539. The van der Waals surface area contributed by atoms with Crippen molar-refractivity contribution in [2.24, 2.45) is 0 Å². The van der Waals surface area contributed by atoms with Crippen LogP contribution in [0, 0.1) is 0 Å². The Morgan fingerprint density at radius 2 is 1.93 bits per heavy atom. The van der Waals surface area contributed by atoms with Crippen LogP contribution in [-0.4, -0.2) is 44.5 Å². The Balaban J connectivity index is 3.96. The smallest absolute Gasteiger partial charge is 0.209 e. The second-order valence-corrected chi connectivity index (χ2v) is 5.99. The summed E-state index contributed by atoms with van der Waals surface area (Å²) in [5, 5.41) is 12.0. The lowest BCUT2D eigenvalue weighted by Crippen LogP contribution is -2.50. The van der Waals surface area contributed by atoms with E-state index in [4.69, 9.17) is 5.11 Å². The highest BCUT2D eigenvalue weighted by Gasteiger charge is 2.21. The van der Waals surface area contributed by atoms with E-state index in [9.17, 15) is 8.42 Å². The fourth-order valence-electron chi connectivity index (χ4n) is 1.13. The zero-order valence-electron chi connectivity index (χ0n) is 9.16. The normalized spacial score (nSPS) is 15.5. The van der Waals surface area contributed by atoms with Gasteiger partial charge < -0.3 is 10.4 Å². The van der Waals surface area contributed by atoms with Gasteiger partial charge in [-0.3, -0.25) is 0 Å². The lowest BCUT2D eigenvalue weighted by atomic mass is 10.1. The third-order valence-corrected chi connectivity index (χ3v) is 2.39. The minimum absolute atomic E-state index is 0.427. The van der Waals surface area contributed by atoms with E-state index >= 15 is 0 Å². The predicted molar refractivity (Wildman–Crippen MR) is 56.6 cm³/mol. The Bertz CT molecular complexity index is 260. The molecule has 0 aromatic carbocycles. The monoisotopic (exact) mass is 224 g/mol. The Morgan fingerprint density at radius 3 is 2.29 bits per heavy atom. The molecule has 0 spiro atoms. The third-order valence-electron chi connectivity index (χ3n) is 1.47. The average molecular weight is 224 g/mol. The van der Waals surface area contributed by atoms with E-state index in [2.05, 4.69) is 10.0 Å². The topological polar surface area (TPSA) is 78.4 Å². The minimum atomic E-state index is -3.18. The van der Waals surface area contributed by atoms with Crippen molar-refractivity contribution in [3.05, 3.63) is 0 Å². The summed E-state index contributed by atoms with van der Waals surface area (Å²) in [6.45, 7) is 6.16. The molecular weight excluding hydrogens is 204 g/mol. The maximum atomic E-state index is 11.0. The zero-order chi connectivity index (χ0) is 11.4. The van der Waals surface area contributed by atoms with E-state index in [1.54, 1.807) is 20.8 Å².